The summed E-state index contributed by atoms with van der Waals surface area (Å²) >= 11 is 0. The van der Waals surface area contributed by atoms with Crippen LogP contribution in [0.2, 0.25) is 0 Å². The molecule has 1 amide bonds. The summed E-state index contributed by atoms with van der Waals surface area (Å²) in [4.78, 5) is 14.9. The van der Waals surface area contributed by atoms with Crippen LogP contribution in [0, 0.1) is 0 Å². The Morgan fingerprint density at radius 2 is 2.00 bits per heavy atom. The van der Waals surface area contributed by atoms with E-state index in [1.54, 1.807) is 0 Å². The van der Waals surface area contributed by atoms with Crippen molar-refractivity contribution in [1.29, 1.82) is 0 Å². The molecule has 1 aliphatic carbocycles. The normalized spacial score (nSPS) is 18.7. The predicted molar refractivity (Wildman–Crippen MR) is 103 cm³/mol. The molecule has 2 aliphatic rings. The molecule has 0 atom stereocenters. The number of carbonyl (C=O) groups excluding carboxylic acids is 1. The minimum absolute atomic E-state index is 0. The SMILES string of the molecule is CC(C)(C)n1nc(C(=O)NCCCN2CCNCC2)cc1C1CC1.Cl. The molecule has 25 heavy (non-hydrogen) atoms. The molecule has 0 aromatic carbocycles. The van der Waals surface area contributed by atoms with Crippen molar-refractivity contribution in [2.24, 2.45) is 0 Å². The molecular formula is C18H32ClN5O. The van der Waals surface area contributed by atoms with Crippen LogP contribution >= 0.6 is 12.4 Å². The fourth-order valence-corrected chi connectivity index (χ4v) is 3.24. The first-order valence-electron chi connectivity index (χ1n) is 9.27. The summed E-state index contributed by atoms with van der Waals surface area (Å²) in [6.07, 6.45) is 3.42. The molecule has 7 heteroatoms. The quantitative estimate of drug-likeness (QED) is 0.752. The fraction of sp³-hybridized carbons (Fsp3) is 0.778. The molecule has 0 radical (unpaired) electrons. The van der Waals surface area contributed by atoms with Gasteiger partial charge in [-0.2, -0.15) is 5.10 Å². The molecule has 1 aromatic rings. The number of nitrogens with zero attached hydrogens (tertiary/aromatic N) is 3. The summed E-state index contributed by atoms with van der Waals surface area (Å²) in [6, 6.07) is 1.99. The number of rotatable bonds is 6. The Labute approximate surface area is 157 Å². The molecule has 142 valence electrons. The van der Waals surface area contributed by atoms with Crippen molar-refractivity contribution in [2.45, 2.75) is 51.5 Å². The molecule has 1 saturated heterocycles. The summed E-state index contributed by atoms with van der Waals surface area (Å²) < 4.78 is 2.04. The third-order valence-electron chi connectivity index (χ3n) is 4.75. The number of hydrogen-bond acceptors (Lipinski definition) is 4. The van der Waals surface area contributed by atoms with Crippen LogP contribution in [0.3, 0.4) is 0 Å². The second kappa shape index (κ2) is 8.52. The molecular weight excluding hydrogens is 338 g/mol. The van der Waals surface area contributed by atoms with E-state index < -0.39 is 0 Å². The summed E-state index contributed by atoms with van der Waals surface area (Å²) in [7, 11) is 0. The van der Waals surface area contributed by atoms with Gasteiger partial charge in [0.1, 0.15) is 5.69 Å². The van der Waals surface area contributed by atoms with Crippen LogP contribution in [-0.2, 0) is 5.54 Å². The minimum atomic E-state index is -0.0846. The number of aromatic nitrogens is 2. The maximum Gasteiger partial charge on any atom is 0.271 e. The van der Waals surface area contributed by atoms with Gasteiger partial charge in [-0.3, -0.25) is 9.48 Å². The van der Waals surface area contributed by atoms with E-state index in [2.05, 4.69) is 41.4 Å². The molecule has 1 aromatic heterocycles. The topological polar surface area (TPSA) is 62.2 Å². The summed E-state index contributed by atoms with van der Waals surface area (Å²) in [5.74, 6) is 0.547. The first kappa shape index (κ1) is 20.2. The van der Waals surface area contributed by atoms with Crippen molar-refractivity contribution >= 4 is 18.3 Å². The molecule has 1 aliphatic heterocycles. The molecule has 2 heterocycles. The molecule has 0 spiro atoms. The van der Waals surface area contributed by atoms with Crippen LogP contribution in [0.25, 0.3) is 0 Å². The molecule has 0 bridgehead atoms. The van der Waals surface area contributed by atoms with Gasteiger partial charge in [0, 0.05) is 44.3 Å². The van der Waals surface area contributed by atoms with Gasteiger partial charge in [0.05, 0.1) is 5.54 Å². The van der Waals surface area contributed by atoms with Gasteiger partial charge in [-0.05, 0) is 52.6 Å². The number of hydrogen-bond donors (Lipinski definition) is 2. The molecule has 1 saturated carbocycles. The van der Waals surface area contributed by atoms with E-state index in [1.807, 2.05) is 10.7 Å². The van der Waals surface area contributed by atoms with Crippen molar-refractivity contribution in [2.75, 3.05) is 39.3 Å². The standard InChI is InChI=1S/C18H31N5O.ClH/c1-18(2,3)23-16(14-5-6-14)13-15(21-23)17(24)20-7-4-10-22-11-8-19-9-12-22;/h13-14,19H,4-12H2,1-3H3,(H,20,24);1H. The Bertz CT molecular complexity index is 571. The van der Waals surface area contributed by atoms with E-state index in [0.29, 0.717) is 18.2 Å². The zero-order valence-corrected chi connectivity index (χ0v) is 16.5. The Hall–Kier alpha value is -1.11. The highest BCUT2D eigenvalue weighted by atomic mass is 35.5. The highest BCUT2D eigenvalue weighted by molar-refractivity contribution is 5.92. The second-order valence-electron chi connectivity index (χ2n) is 8.01. The van der Waals surface area contributed by atoms with Crippen LogP contribution in [0.4, 0.5) is 0 Å². The van der Waals surface area contributed by atoms with E-state index in [4.69, 9.17) is 0 Å². The highest BCUT2D eigenvalue weighted by Crippen LogP contribution is 2.41. The Balaban J connectivity index is 0.00000225. The van der Waals surface area contributed by atoms with E-state index in [-0.39, 0.29) is 23.9 Å². The van der Waals surface area contributed by atoms with E-state index in [0.717, 1.165) is 39.1 Å². The lowest BCUT2D eigenvalue weighted by molar-refractivity contribution is 0.0944. The smallest absolute Gasteiger partial charge is 0.271 e. The molecule has 6 nitrogen and oxygen atoms in total. The Kier molecular flexibility index (Phi) is 6.88. The van der Waals surface area contributed by atoms with Gasteiger partial charge in [0.15, 0.2) is 0 Å². The van der Waals surface area contributed by atoms with Gasteiger partial charge in [-0.15, -0.1) is 12.4 Å². The fourth-order valence-electron chi connectivity index (χ4n) is 3.24. The van der Waals surface area contributed by atoms with E-state index in [9.17, 15) is 4.79 Å². The first-order chi connectivity index (χ1) is 11.4. The minimum Gasteiger partial charge on any atom is -0.351 e. The summed E-state index contributed by atoms with van der Waals surface area (Å²) in [5, 5.41) is 11.0. The van der Waals surface area contributed by atoms with Crippen LogP contribution in [0.1, 0.15) is 62.1 Å². The number of piperazine rings is 1. The van der Waals surface area contributed by atoms with Crippen molar-refractivity contribution in [1.82, 2.24) is 25.3 Å². The Morgan fingerprint density at radius 3 is 2.60 bits per heavy atom. The first-order valence-corrected chi connectivity index (χ1v) is 9.27. The van der Waals surface area contributed by atoms with Gasteiger partial charge >= 0.3 is 0 Å². The highest BCUT2D eigenvalue weighted by Gasteiger charge is 2.32. The van der Waals surface area contributed by atoms with Crippen LogP contribution in [0.15, 0.2) is 6.07 Å². The lowest BCUT2D eigenvalue weighted by Crippen LogP contribution is -2.44. The third kappa shape index (κ3) is 5.43. The summed E-state index contributed by atoms with van der Waals surface area (Å²) in [5.41, 5.74) is 1.70. The molecule has 0 unspecified atom stereocenters. The maximum absolute atomic E-state index is 12.4. The van der Waals surface area contributed by atoms with Crippen LogP contribution in [-0.4, -0.2) is 59.9 Å². The van der Waals surface area contributed by atoms with Crippen molar-refractivity contribution in [3.63, 3.8) is 0 Å². The Morgan fingerprint density at radius 1 is 1.32 bits per heavy atom. The molecule has 2 fully saturated rings. The van der Waals surface area contributed by atoms with Crippen LogP contribution in [0.5, 0.6) is 0 Å². The van der Waals surface area contributed by atoms with Crippen molar-refractivity contribution in [3.05, 3.63) is 17.5 Å². The average Bonchev–Trinajstić information content (AvgIpc) is 3.29. The van der Waals surface area contributed by atoms with Crippen molar-refractivity contribution in [3.8, 4) is 0 Å². The second-order valence-corrected chi connectivity index (χ2v) is 8.01. The average molecular weight is 370 g/mol. The number of carbonyl (C=O) groups is 1. The largest absolute Gasteiger partial charge is 0.351 e. The molecule has 2 N–H and O–H groups in total. The zero-order valence-electron chi connectivity index (χ0n) is 15.7. The monoisotopic (exact) mass is 369 g/mol. The lowest BCUT2D eigenvalue weighted by atomic mass is 10.1. The zero-order chi connectivity index (χ0) is 17.2. The van der Waals surface area contributed by atoms with Gasteiger partial charge in [0.25, 0.3) is 5.91 Å². The van der Waals surface area contributed by atoms with Gasteiger partial charge in [-0.1, -0.05) is 0 Å². The van der Waals surface area contributed by atoms with Crippen molar-refractivity contribution < 1.29 is 4.79 Å². The lowest BCUT2D eigenvalue weighted by Gasteiger charge is -2.27. The number of amides is 1. The van der Waals surface area contributed by atoms with Gasteiger partial charge in [-0.25, -0.2) is 0 Å². The maximum atomic E-state index is 12.4. The van der Waals surface area contributed by atoms with E-state index >= 15 is 0 Å². The van der Waals surface area contributed by atoms with Crippen LogP contribution < -0.4 is 10.6 Å². The van der Waals surface area contributed by atoms with E-state index in [1.165, 1.54) is 18.5 Å². The molecule has 3 rings (SSSR count). The summed E-state index contributed by atoms with van der Waals surface area (Å²) in [6.45, 7) is 12.5. The van der Waals surface area contributed by atoms with Gasteiger partial charge < -0.3 is 15.5 Å². The predicted octanol–water partition coefficient (Wildman–Crippen LogP) is 1.96. The third-order valence-corrected chi connectivity index (χ3v) is 4.75. The van der Waals surface area contributed by atoms with Gasteiger partial charge in [0.2, 0.25) is 0 Å². The number of halogens is 1. The number of nitrogens with one attached hydrogen (secondary N) is 2.